The van der Waals surface area contributed by atoms with Crippen LogP contribution in [-0.2, 0) is 0 Å². The molecule has 0 aromatic heterocycles. The van der Waals surface area contributed by atoms with Crippen molar-refractivity contribution in [1.82, 2.24) is 5.32 Å². The van der Waals surface area contributed by atoms with Crippen LogP contribution in [0.25, 0.3) is 0 Å². The Bertz CT molecular complexity index is 296. The highest BCUT2D eigenvalue weighted by Crippen LogP contribution is 2.28. The van der Waals surface area contributed by atoms with Gasteiger partial charge in [-0.05, 0) is 32.0 Å². The molecule has 0 amide bonds. The molecule has 1 atom stereocenters. The van der Waals surface area contributed by atoms with Crippen molar-refractivity contribution in [3.05, 3.63) is 29.8 Å². The maximum Gasteiger partial charge on any atom is 0.0242 e. The first-order valence-electron chi connectivity index (χ1n) is 5.51. The second-order valence-corrected chi connectivity index (χ2v) is 5.59. The molecule has 15 heavy (non-hydrogen) atoms. The van der Waals surface area contributed by atoms with E-state index in [0.29, 0.717) is 11.2 Å². The summed E-state index contributed by atoms with van der Waals surface area (Å²) in [6.07, 6.45) is 0. The zero-order valence-corrected chi connectivity index (χ0v) is 10.9. The van der Waals surface area contributed by atoms with Gasteiger partial charge in [0.15, 0.2) is 0 Å². The molecule has 1 aromatic carbocycles. The molecule has 1 unspecified atom stereocenters. The fourth-order valence-electron chi connectivity index (χ4n) is 1.48. The Hall–Kier alpha value is -0.470. The summed E-state index contributed by atoms with van der Waals surface area (Å²) in [5, 5.41) is 3.91. The summed E-state index contributed by atoms with van der Waals surface area (Å²) in [6, 6.07) is 8.74. The fourth-order valence-corrected chi connectivity index (χ4v) is 2.76. The highest BCUT2D eigenvalue weighted by Gasteiger charge is 2.13. The summed E-state index contributed by atoms with van der Waals surface area (Å²) in [5.74, 6) is 0.697. The summed E-state index contributed by atoms with van der Waals surface area (Å²) in [5.41, 5.74) is 1.34. The molecule has 1 nitrogen and oxygen atoms in total. The summed E-state index contributed by atoms with van der Waals surface area (Å²) in [7, 11) is 2.02. The van der Waals surface area contributed by atoms with Crippen LogP contribution in [0.15, 0.2) is 29.2 Å². The highest BCUT2D eigenvalue weighted by atomic mass is 32.2. The molecule has 1 aromatic rings. The Balaban J connectivity index is 2.65. The van der Waals surface area contributed by atoms with Gasteiger partial charge in [0.05, 0.1) is 0 Å². The zero-order chi connectivity index (χ0) is 11.3. The third-order valence-corrected chi connectivity index (χ3v) is 3.97. The van der Waals surface area contributed by atoms with Gasteiger partial charge in [0.25, 0.3) is 0 Å². The van der Waals surface area contributed by atoms with Gasteiger partial charge in [-0.2, -0.15) is 0 Å². The standard InChI is InChI=1S/C13H21NS/c1-10(2)13(9-14-4)15-12-7-5-6-11(3)8-12/h5-8,10,13-14H,9H2,1-4H3. The van der Waals surface area contributed by atoms with Gasteiger partial charge in [0.1, 0.15) is 0 Å². The molecule has 84 valence electrons. The molecule has 0 heterocycles. The molecule has 0 spiro atoms. The van der Waals surface area contributed by atoms with Crippen molar-refractivity contribution in [2.45, 2.75) is 30.9 Å². The average molecular weight is 223 g/mol. The van der Waals surface area contributed by atoms with Crippen LogP contribution in [0.4, 0.5) is 0 Å². The Kier molecular flexibility index (Phi) is 5.20. The number of aryl methyl sites for hydroxylation is 1. The van der Waals surface area contributed by atoms with Crippen LogP contribution in [0, 0.1) is 12.8 Å². The Labute approximate surface area is 97.7 Å². The number of nitrogens with one attached hydrogen (secondary N) is 1. The largest absolute Gasteiger partial charge is 0.319 e. The molecular formula is C13H21NS. The maximum atomic E-state index is 3.26. The topological polar surface area (TPSA) is 12.0 Å². The van der Waals surface area contributed by atoms with Crippen LogP contribution in [0.1, 0.15) is 19.4 Å². The van der Waals surface area contributed by atoms with Gasteiger partial charge < -0.3 is 5.32 Å². The first-order valence-corrected chi connectivity index (χ1v) is 6.39. The van der Waals surface area contributed by atoms with Gasteiger partial charge in [-0.3, -0.25) is 0 Å². The first-order chi connectivity index (χ1) is 7.13. The first kappa shape index (κ1) is 12.6. The van der Waals surface area contributed by atoms with Crippen LogP contribution in [0.5, 0.6) is 0 Å². The molecule has 0 bridgehead atoms. The van der Waals surface area contributed by atoms with E-state index < -0.39 is 0 Å². The summed E-state index contributed by atoms with van der Waals surface area (Å²) >= 11 is 1.97. The van der Waals surface area contributed by atoms with E-state index >= 15 is 0 Å². The lowest BCUT2D eigenvalue weighted by molar-refractivity contribution is 0.579. The predicted molar refractivity (Wildman–Crippen MR) is 69.6 cm³/mol. The van der Waals surface area contributed by atoms with E-state index in [0.717, 1.165) is 6.54 Å². The van der Waals surface area contributed by atoms with Gasteiger partial charge in [0, 0.05) is 16.7 Å². The third kappa shape index (κ3) is 4.27. The number of benzene rings is 1. The summed E-state index contributed by atoms with van der Waals surface area (Å²) in [4.78, 5) is 1.38. The van der Waals surface area contributed by atoms with Gasteiger partial charge in [-0.15, -0.1) is 11.8 Å². The molecule has 0 saturated heterocycles. The molecule has 0 aliphatic heterocycles. The lowest BCUT2D eigenvalue weighted by atomic mass is 10.1. The van der Waals surface area contributed by atoms with E-state index in [1.54, 1.807) is 0 Å². The van der Waals surface area contributed by atoms with Crippen molar-refractivity contribution in [2.75, 3.05) is 13.6 Å². The number of hydrogen-bond acceptors (Lipinski definition) is 2. The monoisotopic (exact) mass is 223 g/mol. The number of hydrogen-bond donors (Lipinski definition) is 1. The number of thioether (sulfide) groups is 1. The van der Waals surface area contributed by atoms with E-state index in [-0.39, 0.29) is 0 Å². The van der Waals surface area contributed by atoms with E-state index in [4.69, 9.17) is 0 Å². The lowest BCUT2D eigenvalue weighted by Gasteiger charge is -2.20. The smallest absolute Gasteiger partial charge is 0.0242 e. The minimum absolute atomic E-state index is 0.650. The summed E-state index contributed by atoms with van der Waals surface area (Å²) < 4.78 is 0. The van der Waals surface area contributed by atoms with Crippen LogP contribution in [0.2, 0.25) is 0 Å². The highest BCUT2D eigenvalue weighted by molar-refractivity contribution is 8.00. The van der Waals surface area contributed by atoms with Gasteiger partial charge in [0.2, 0.25) is 0 Å². The minimum atomic E-state index is 0.650. The van der Waals surface area contributed by atoms with Crippen molar-refractivity contribution in [1.29, 1.82) is 0 Å². The maximum absolute atomic E-state index is 3.26. The van der Waals surface area contributed by atoms with Crippen LogP contribution in [0.3, 0.4) is 0 Å². The van der Waals surface area contributed by atoms with E-state index in [1.807, 2.05) is 18.8 Å². The van der Waals surface area contributed by atoms with E-state index in [9.17, 15) is 0 Å². The van der Waals surface area contributed by atoms with Gasteiger partial charge in [-0.1, -0.05) is 31.5 Å². The quantitative estimate of drug-likeness (QED) is 0.768. The van der Waals surface area contributed by atoms with Crippen LogP contribution < -0.4 is 5.32 Å². The third-order valence-electron chi connectivity index (χ3n) is 2.43. The molecular weight excluding hydrogens is 202 g/mol. The Morgan fingerprint density at radius 1 is 1.33 bits per heavy atom. The molecule has 1 N–H and O–H groups in total. The Morgan fingerprint density at radius 2 is 2.07 bits per heavy atom. The molecule has 0 saturated carbocycles. The second-order valence-electron chi connectivity index (χ2n) is 4.27. The molecule has 1 rings (SSSR count). The van der Waals surface area contributed by atoms with Gasteiger partial charge in [-0.25, -0.2) is 0 Å². The molecule has 0 aliphatic rings. The van der Waals surface area contributed by atoms with Crippen molar-refractivity contribution in [3.63, 3.8) is 0 Å². The summed E-state index contributed by atoms with van der Waals surface area (Å²) in [6.45, 7) is 7.78. The minimum Gasteiger partial charge on any atom is -0.319 e. The normalized spacial score (nSPS) is 13.1. The van der Waals surface area contributed by atoms with Crippen LogP contribution in [-0.4, -0.2) is 18.8 Å². The Morgan fingerprint density at radius 3 is 2.60 bits per heavy atom. The van der Waals surface area contributed by atoms with E-state index in [1.165, 1.54) is 10.5 Å². The second kappa shape index (κ2) is 6.19. The molecule has 0 radical (unpaired) electrons. The number of rotatable bonds is 5. The van der Waals surface area contributed by atoms with Crippen molar-refractivity contribution < 1.29 is 0 Å². The average Bonchev–Trinajstić information content (AvgIpc) is 2.17. The van der Waals surface area contributed by atoms with E-state index in [2.05, 4.69) is 50.4 Å². The fraction of sp³-hybridized carbons (Fsp3) is 0.538. The van der Waals surface area contributed by atoms with Crippen molar-refractivity contribution in [3.8, 4) is 0 Å². The van der Waals surface area contributed by atoms with Crippen molar-refractivity contribution >= 4 is 11.8 Å². The molecule has 0 fully saturated rings. The zero-order valence-electron chi connectivity index (χ0n) is 10.1. The molecule has 0 aliphatic carbocycles. The molecule has 2 heteroatoms. The van der Waals surface area contributed by atoms with Crippen LogP contribution >= 0.6 is 11.8 Å². The van der Waals surface area contributed by atoms with Crippen molar-refractivity contribution in [2.24, 2.45) is 5.92 Å². The predicted octanol–water partition coefficient (Wildman–Crippen LogP) is 3.33. The SMILES string of the molecule is CNCC(Sc1cccc(C)c1)C(C)C. The van der Waals surface area contributed by atoms with Gasteiger partial charge >= 0.3 is 0 Å². The lowest BCUT2D eigenvalue weighted by Crippen LogP contribution is -2.25.